The van der Waals surface area contributed by atoms with E-state index in [0.717, 1.165) is 29.3 Å². The number of nitrogen functional groups attached to an aromatic ring is 1. The molecule has 0 saturated carbocycles. The van der Waals surface area contributed by atoms with Crippen molar-refractivity contribution in [3.63, 3.8) is 0 Å². The number of amides is 1. The van der Waals surface area contributed by atoms with Crippen LogP contribution in [0.15, 0.2) is 79.6 Å². The smallest absolute Gasteiger partial charge is 0.281 e. The predicted molar refractivity (Wildman–Crippen MR) is 149 cm³/mol. The van der Waals surface area contributed by atoms with E-state index in [1.807, 2.05) is 53.2 Å². The van der Waals surface area contributed by atoms with Gasteiger partial charge in [0.05, 0.1) is 17.2 Å². The molecule has 1 aliphatic rings. The molecule has 13 heteroatoms. The lowest BCUT2D eigenvalue weighted by atomic mass is 10.1. The molecule has 0 aliphatic heterocycles. The maximum absolute atomic E-state index is 13.4. The van der Waals surface area contributed by atoms with Gasteiger partial charge in [0.2, 0.25) is 0 Å². The number of aromatic nitrogens is 8. The lowest BCUT2D eigenvalue weighted by Gasteiger charge is -2.16. The van der Waals surface area contributed by atoms with Gasteiger partial charge in [0.25, 0.3) is 12.3 Å². The number of benzene rings is 1. The Morgan fingerprint density at radius 3 is 2.79 bits per heavy atom. The van der Waals surface area contributed by atoms with Gasteiger partial charge in [-0.3, -0.25) is 9.36 Å². The third kappa shape index (κ3) is 4.31. The zero-order valence-corrected chi connectivity index (χ0v) is 21.9. The largest absolute Gasteiger partial charge is 0.383 e. The number of carbonyl (C=O) groups excluding carboxylic acids is 1. The van der Waals surface area contributed by atoms with E-state index >= 15 is 0 Å². The lowest BCUT2D eigenvalue weighted by molar-refractivity contribution is 0.0919. The van der Waals surface area contributed by atoms with Crippen molar-refractivity contribution in [2.24, 2.45) is 0 Å². The number of hydrogen-bond acceptors (Lipinski definition) is 8. The number of fused-ring (bicyclic) bond motifs is 2. The number of rotatable bonds is 6. The second-order valence-electron chi connectivity index (χ2n) is 9.74. The third-order valence-corrected chi connectivity index (χ3v) is 7.27. The molecule has 0 radical (unpaired) electrons. The lowest BCUT2D eigenvalue weighted by Crippen LogP contribution is -2.28. The summed E-state index contributed by atoms with van der Waals surface area (Å²) in [7, 11) is 0. The quantitative estimate of drug-likeness (QED) is 0.303. The van der Waals surface area contributed by atoms with Crippen molar-refractivity contribution in [3.05, 3.63) is 102 Å². The molecule has 11 nitrogen and oxygen atoms in total. The average molecular weight is 565 g/mol. The number of nitrogens with zero attached hydrogens (tertiary/aromatic N) is 8. The van der Waals surface area contributed by atoms with Gasteiger partial charge in [-0.1, -0.05) is 6.07 Å². The Morgan fingerprint density at radius 2 is 1.98 bits per heavy atom. The fraction of sp³-hybridized carbons (Fsp3) is 0.138. The highest BCUT2D eigenvalue weighted by atomic mass is 19.3. The number of aryl methyl sites for hydroxylation is 1. The van der Waals surface area contributed by atoms with Crippen LogP contribution in [0.25, 0.3) is 34.1 Å². The maximum atomic E-state index is 13.4. The van der Waals surface area contributed by atoms with E-state index in [9.17, 15) is 13.6 Å². The first kappa shape index (κ1) is 25.4. The minimum absolute atomic E-state index is 0.236. The van der Waals surface area contributed by atoms with Crippen LogP contribution in [0.2, 0.25) is 0 Å². The molecule has 0 fully saturated rings. The molecular weight excluding hydrogens is 542 g/mol. The van der Waals surface area contributed by atoms with E-state index in [-0.39, 0.29) is 11.6 Å². The van der Waals surface area contributed by atoms with Crippen LogP contribution in [-0.2, 0) is 6.42 Å². The van der Waals surface area contributed by atoms with Gasteiger partial charge in [-0.25, -0.2) is 38.4 Å². The van der Waals surface area contributed by atoms with Crippen molar-refractivity contribution in [1.82, 2.24) is 44.6 Å². The van der Waals surface area contributed by atoms with Crippen LogP contribution in [-0.4, -0.2) is 45.2 Å². The Bertz CT molecular complexity index is 1950. The normalized spacial score (nSPS) is 14.4. The van der Waals surface area contributed by atoms with E-state index in [0.29, 0.717) is 47.0 Å². The molecule has 3 N–H and O–H groups in total. The van der Waals surface area contributed by atoms with Crippen LogP contribution in [0.3, 0.4) is 0 Å². The number of carbonyl (C=O) groups is 1. The zero-order chi connectivity index (χ0) is 28.8. The molecule has 5 heterocycles. The van der Waals surface area contributed by atoms with Crippen LogP contribution in [0, 0.1) is 0 Å². The van der Waals surface area contributed by atoms with Crippen LogP contribution in [0.4, 0.5) is 14.6 Å². The fourth-order valence-corrected chi connectivity index (χ4v) is 5.33. The molecule has 1 atom stereocenters. The van der Waals surface area contributed by atoms with Gasteiger partial charge < -0.3 is 11.1 Å². The van der Waals surface area contributed by atoms with Gasteiger partial charge in [0, 0.05) is 30.5 Å². The van der Waals surface area contributed by atoms with Gasteiger partial charge >= 0.3 is 0 Å². The van der Waals surface area contributed by atoms with Gasteiger partial charge in [0.15, 0.2) is 17.3 Å². The Labute approximate surface area is 237 Å². The summed E-state index contributed by atoms with van der Waals surface area (Å²) in [4.78, 5) is 34.3. The molecule has 0 bridgehead atoms. The topological polar surface area (TPSA) is 142 Å². The summed E-state index contributed by atoms with van der Waals surface area (Å²) < 4.78 is 30.4. The number of alkyl halides is 2. The SMILES string of the molecule is Nc1ncccc1-c1nc2ccc(-n3cccn3)nc2n1-c1ccc2c(c1)CC[C@@H]2NC(=O)c1cncnc1C(F)F. The van der Waals surface area contributed by atoms with Crippen LogP contribution >= 0.6 is 0 Å². The molecule has 1 aliphatic carbocycles. The highest BCUT2D eigenvalue weighted by molar-refractivity contribution is 5.95. The highest BCUT2D eigenvalue weighted by Crippen LogP contribution is 2.36. The predicted octanol–water partition coefficient (Wildman–Crippen LogP) is 4.40. The Kier molecular flexibility index (Phi) is 6.11. The molecule has 42 heavy (non-hydrogen) atoms. The minimum Gasteiger partial charge on any atom is -0.383 e. The first-order valence-corrected chi connectivity index (χ1v) is 13.1. The van der Waals surface area contributed by atoms with Gasteiger partial charge in [0.1, 0.15) is 23.4 Å². The van der Waals surface area contributed by atoms with Gasteiger partial charge in [-0.15, -0.1) is 0 Å². The number of imidazole rings is 1. The summed E-state index contributed by atoms with van der Waals surface area (Å²) in [6, 6.07) is 14.7. The highest BCUT2D eigenvalue weighted by Gasteiger charge is 2.28. The molecule has 0 unspecified atom stereocenters. The van der Waals surface area contributed by atoms with Crippen molar-refractivity contribution in [2.45, 2.75) is 25.3 Å². The van der Waals surface area contributed by atoms with Gasteiger partial charge in [-0.2, -0.15) is 5.10 Å². The summed E-state index contributed by atoms with van der Waals surface area (Å²) >= 11 is 0. The van der Waals surface area contributed by atoms with Crippen molar-refractivity contribution in [1.29, 1.82) is 0 Å². The molecule has 6 aromatic rings. The monoisotopic (exact) mass is 564 g/mol. The Hall–Kier alpha value is -5.59. The molecular formula is C29H22F2N10O. The van der Waals surface area contributed by atoms with E-state index in [2.05, 4.69) is 25.4 Å². The molecule has 0 saturated heterocycles. The van der Waals surface area contributed by atoms with Crippen molar-refractivity contribution in [2.75, 3.05) is 5.73 Å². The first-order valence-electron chi connectivity index (χ1n) is 13.1. The zero-order valence-electron chi connectivity index (χ0n) is 21.9. The Morgan fingerprint density at radius 1 is 1.07 bits per heavy atom. The molecule has 0 spiro atoms. The number of halogens is 2. The van der Waals surface area contributed by atoms with Crippen molar-refractivity contribution >= 4 is 22.9 Å². The van der Waals surface area contributed by atoms with E-state index in [1.165, 1.54) is 0 Å². The number of pyridine rings is 2. The Balaban J connectivity index is 1.29. The molecule has 5 aromatic heterocycles. The van der Waals surface area contributed by atoms with Gasteiger partial charge in [-0.05, 0) is 66.4 Å². The van der Waals surface area contributed by atoms with Crippen LogP contribution in [0.1, 0.15) is 46.1 Å². The average Bonchev–Trinajstić information content (AvgIpc) is 3.76. The summed E-state index contributed by atoms with van der Waals surface area (Å²) in [5.74, 6) is 0.889. The number of nitrogens with one attached hydrogen (secondary N) is 1. The second kappa shape index (κ2) is 10.1. The van der Waals surface area contributed by atoms with Crippen molar-refractivity contribution < 1.29 is 13.6 Å². The van der Waals surface area contributed by atoms with Crippen molar-refractivity contribution in [3.8, 4) is 22.9 Å². The fourth-order valence-electron chi connectivity index (χ4n) is 5.33. The summed E-state index contributed by atoms with van der Waals surface area (Å²) in [6.45, 7) is 0. The number of anilines is 1. The molecule has 208 valence electrons. The first-order chi connectivity index (χ1) is 20.5. The summed E-state index contributed by atoms with van der Waals surface area (Å²) in [5.41, 5.74) is 10.1. The molecule has 1 aromatic carbocycles. The summed E-state index contributed by atoms with van der Waals surface area (Å²) in [6.07, 6.45) is 5.62. The van der Waals surface area contributed by atoms with E-state index in [4.69, 9.17) is 15.7 Å². The molecule has 1 amide bonds. The van der Waals surface area contributed by atoms with E-state index in [1.54, 1.807) is 23.1 Å². The summed E-state index contributed by atoms with van der Waals surface area (Å²) in [5, 5.41) is 7.18. The van der Waals surface area contributed by atoms with Crippen LogP contribution in [0.5, 0.6) is 0 Å². The second-order valence-corrected chi connectivity index (χ2v) is 9.74. The molecule has 7 rings (SSSR count). The number of nitrogens with two attached hydrogens (primary N) is 1. The maximum Gasteiger partial charge on any atom is 0.281 e. The minimum atomic E-state index is -2.89. The third-order valence-electron chi connectivity index (χ3n) is 7.27. The number of hydrogen-bond donors (Lipinski definition) is 2. The van der Waals surface area contributed by atoms with Crippen LogP contribution < -0.4 is 11.1 Å². The standard InChI is InChI=1S/C29H22F2N10O/c30-25(31)24-20(14-33-15-35-24)29(42)38-21-7-4-16-13-17(5-6-18(16)21)41-27(19-3-1-10-34-26(19)32)37-22-8-9-23(39-28(22)41)40-12-2-11-36-40/h1-3,5-6,8-15,21,25H,4,7H2,(H2,32,34)(H,38,42)/t21-/m0/s1. The van der Waals surface area contributed by atoms with E-state index < -0.39 is 18.0 Å².